The van der Waals surface area contributed by atoms with Crippen LogP contribution >= 0.6 is 0 Å². The van der Waals surface area contributed by atoms with Crippen LogP contribution in [0.2, 0.25) is 0 Å². The van der Waals surface area contributed by atoms with E-state index in [2.05, 4.69) is 10.5 Å². The van der Waals surface area contributed by atoms with E-state index in [0.717, 1.165) is 0 Å². The van der Waals surface area contributed by atoms with Gasteiger partial charge in [0.25, 0.3) is 5.91 Å². The van der Waals surface area contributed by atoms with Crippen LogP contribution in [0.1, 0.15) is 12.7 Å². The predicted molar refractivity (Wildman–Crippen MR) is 85.3 cm³/mol. The number of allylic oxidation sites excluding steroid dienone is 1. The molecule has 1 aromatic heterocycles. The van der Waals surface area contributed by atoms with Crippen molar-refractivity contribution < 1.29 is 18.7 Å². The smallest absolute Gasteiger partial charge is 0.284 e. The number of rotatable bonds is 4. The van der Waals surface area contributed by atoms with Crippen LogP contribution in [0.5, 0.6) is 11.5 Å². The lowest BCUT2D eigenvalue weighted by molar-refractivity contribution is -0.130. The number of ether oxygens (including phenoxy) is 2. The van der Waals surface area contributed by atoms with Crippen LogP contribution in [0.25, 0.3) is 6.08 Å². The zero-order valence-corrected chi connectivity index (χ0v) is 12.6. The number of hydrazone groups is 1. The molecule has 0 fully saturated rings. The molecule has 0 saturated heterocycles. The highest BCUT2D eigenvalue weighted by molar-refractivity contribution is 5.97. The largest absolute Gasteiger partial charge is 0.485 e. The summed E-state index contributed by atoms with van der Waals surface area (Å²) < 4.78 is 16.3. The fourth-order valence-electron chi connectivity index (χ4n) is 1.99. The highest BCUT2D eigenvalue weighted by Gasteiger charge is 2.26. The summed E-state index contributed by atoms with van der Waals surface area (Å²) in [5, 5.41) is 4.01. The predicted octanol–water partition coefficient (Wildman–Crippen LogP) is 2.62. The molecule has 2 aromatic rings. The zero-order valence-electron chi connectivity index (χ0n) is 12.6. The van der Waals surface area contributed by atoms with Gasteiger partial charge in [0.1, 0.15) is 12.4 Å². The molecule has 0 radical (unpaired) electrons. The van der Waals surface area contributed by atoms with Crippen molar-refractivity contribution in [3.8, 4) is 11.5 Å². The van der Waals surface area contributed by atoms with E-state index in [-0.39, 0.29) is 12.5 Å². The number of nitrogens with zero attached hydrogens (tertiary/aromatic N) is 1. The molecule has 1 N–H and O–H groups in total. The normalized spacial score (nSPS) is 17.3. The van der Waals surface area contributed by atoms with E-state index in [4.69, 9.17) is 13.9 Å². The Morgan fingerprint density at radius 3 is 2.87 bits per heavy atom. The van der Waals surface area contributed by atoms with Crippen LogP contribution in [0.3, 0.4) is 0 Å². The van der Waals surface area contributed by atoms with Crippen molar-refractivity contribution in [3.63, 3.8) is 0 Å². The van der Waals surface area contributed by atoms with Crippen LogP contribution < -0.4 is 14.9 Å². The minimum Gasteiger partial charge on any atom is -0.485 e. The first-order valence-corrected chi connectivity index (χ1v) is 7.16. The van der Waals surface area contributed by atoms with Crippen LogP contribution in [0, 0.1) is 0 Å². The van der Waals surface area contributed by atoms with Gasteiger partial charge in [-0.05, 0) is 43.3 Å². The van der Waals surface area contributed by atoms with Crippen LogP contribution in [-0.4, -0.2) is 24.3 Å². The summed E-state index contributed by atoms with van der Waals surface area (Å²) in [6.45, 7) is 1.92. The summed E-state index contributed by atoms with van der Waals surface area (Å²) in [5.74, 6) is 1.55. The fourth-order valence-corrected chi connectivity index (χ4v) is 1.99. The van der Waals surface area contributed by atoms with Gasteiger partial charge in [-0.1, -0.05) is 12.1 Å². The average molecular weight is 312 g/mol. The van der Waals surface area contributed by atoms with Crippen molar-refractivity contribution >= 4 is 17.7 Å². The number of hydrogen-bond donors (Lipinski definition) is 1. The number of hydrogen-bond acceptors (Lipinski definition) is 5. The molecular formula is C17H16N2O4. The van der Waals surface area contributed by atoms with E-state index in [1.807, 2.05) is 18.2 Å². The lowest BCUT2D eigenvalue weighted by Crippen LogP contribution is -2.42. The molecular weight excluding hydrogens is 296 g/mol. The van der Waals surface area contributed by atoms with E-state index in [1.165, 1.54) is 0 Å². The number of fused-ring (bicyclic) bond motifs is 1. The summed E-state index contributed by atoms with van der Waals surface area (Å²) in [6.07, 6.45) is 4.37. The molecule has 1 aliphatic rings. The summed E-state index contributed by atoms with van der Waals surface area (Å²) in [7, 11) is 0. The van der Waals surface area contributed by atoms with Gasteiger partial charge in [0.15, 0.2) is 11.5 Å². The van der Waals surface area contributed by atoms with Gasteiger partial charge >= 0.3 is 0 Å². The van der Waals surface area contributed by atoms with Gasteiger partial charge in [-0.3, -0.25) is 4.79 Å². The van der Waals surface area contributed by atoms with E-state index >= 15 is 0 Å². The van der Waals surface area contributed by atoms with Gasteiger partial charge in [0, 0.05) is 0 Å². The molecule has 0 saturated carbocycles. The second-order valence-corrected chi connectivity index (χ2v) is 4.94. The Labute approximate surface area is 133 Å². The SMILES string of the molecule is CC(/C=C/c1ccco1)=N\NC(=O)C1COc2ccccc2O1. The molecule has 6 heteroatoms. The van der Waals surface area contributed by atoms with Crippen molar-refractivity contribution in [3.05, 3.63) is 54.5 Å². The highest BCUT2D eigenvalue weighted by atomic mass is 16.6. The summed E-state index contributed by atoms with van der Waals surface area (Å²) in [5.41, 5.74) is 3.11. The van der Waals surface area contributed by atoms with Crippen molar-refractivity contribution in [2.45, 2.75) is 13.0 Å². The van der Waals surface area contributed by atoms with Gasteiger partial charge in [-0.25, -0.2) is 5.43 Å². The van der Waals surface area contributed by atoms with Crippen molar-refractivity contribution in [1.82, 2.24) is 5.43 Å². The van der Waals surface area contributed by atoms with Crippen molar-refractivity contribution in [2.75, 3.05) is 6.61 Å². The molecule has 3 rings (SSSR count). The van der Waals surface area contributed by atoms with Gasteiger partial charge in [-0.2, -0.15) is 5.10 Å². The summed E-state index contributed by atoms with van der Waals surface area (Å²) in [4.78, 5) is 12.1. The van der Waals surface area contributed by atoms with Gasteiger partial charge in [-0.15, -0.1) is 0 Å². The number of nitrogens with one attached hydrogen (secondary N) is 1. The lowest BCUT2D eigenvalue weighted by atomic mass is 10.2. The molecule has 6 nitrogen and oxygen atoms in total. The van der Waals surface area contributed by atoms with E-state index in [9.17, 15) is 4.79 Å². The Balaban J connectivity index is 1.56. The third-order valence-corrected chi connectivity index (χ3v) is 3.18. The Morgan fingerprint density at radius 2 is 2.09 bits per heavy atom. The van der Waals surface area contributed by atoms with Crippen LogP contribution in [0.4, 0.5) is 0 Å². The van der Waals surface area contributed by atoms with Gasteiger partial charge in [0.05, 0.1) is 12.0 Å². The van der Waals surface area contributed by atoms with Crippen LogP contribution in [0.15, 0.2) is 58.3 Å². The standard InChI is InChI=1S/C17H16N2O4/c1-12(8-9-13-5-4-10-21-13)18-19-17(20)16-11-22-14-6-2-3-7-15(14)23-16/h2-10,16H,11H2,1H3,(H,19,20)/b9-8+,18-12+. The second-order valence-electron chi connectivity index (χ2n) is 4.94. The molecule has 1 atom stereocenters. The molecule has 0 aliphatic carbocycles. The Bertz CT molecular complexity index is 735. The third kappa shape index (κ3) is 3.79. The zero-order chi connectivity index (χ0) is 16.1. The summed E-state index contributed by atoms with van der Waals surface area (Å²) in [6, 6.07) is 10.9. The highest BCUT2D eigenvalue weighted by Crippen LogP contribution is 2.30. The van der Waals surface area contributed by atoms with Crippen LogP contribution in [-0.2, 0) is 4.79 Å². The number of carbonyl (C=O) groups excluding carboxylic acids is 1. The molecule has 23 heavy (non-hydrogen) atoms. The fraction of sp³-hybridized carbons (Fsp3) is 0.176. The minimum atomic E-state index is -0.726. The number of benzene rings is 1. The molecule has 2 heterocycles. The number of carbonyl (C=O) groups is 1. The molecule has 1 unspecified atom stereocenters. The van der Waals surface area contributed by atoms with E-state index in [1.54, 1.807) is 43.5 Å². The maximum atomic E-state index is 12.1. The molecule has 0 bridgehead atoms. The molecule has 118 valence electrons. The van der Waals surface area contributed by atoms with Gasteiger partial charge in [0.2, 0.25) is 6.10 Å². The monoisotopic (exact) mass is 312 g/mol. The Kier molecular flexibility index (Phi) is 4.42. The number of furan rings is 1. The second kappa shape index (κ2) is 6.83. The molecule has 1 amide bonds. The first-order chi connectivity index (χ1) is 11.2. The topological polar surface area (TPSA) is 73.1 Å². The molecule has 0 spiro atoms. The lowest BCUT2D eigenvalue weighted by Gasteiger charge is -2.24. The molecule has 1 aromatic carbocycles. The Hall–Kier alpha value is -3.02. The maximum absolute atomic E-state index is 12.1. The average Bonchev–Trinajstić information content (AvgIpc) is 3.11. The third-order valence-electron chi connectivity index (χ3n) is 3.18. The first-order valence-electron chi connectivity index (χ1n) is 7.16. The minimum absolute atomic E-state index is 0.152. The van der Waals surface area contributed by atoms with Crippen molar-refractivity contribution in [2.24, 2.45) is 5.10 Å². The van der Waals surface area contributed by atoms with E-state index < -0.39 is 6.10 Å². The Morgan fingerprint density at radius 1 is 1.26 bits per heavy atom. The van der Waals surface area contributed by atoms with Crippen molar-refractivity contribution in [1.29, 1.82) is 0 Å². The first kappa shape index (κ1) is 14.9. The van der Waals surface area contributed by atoms with Gasteiger partial charge < -0.3 is 13.9 Å². The summed E-state index contributed by atoms with van der Waals surface area (Å²) >= 11 is 0. The van der Waals surface area contributed by atoms with E-state index in [0.29, 0.717) is 23.0 Å². The maximum Gasteiger partial charge on any atom is 0.284 e. The quantitative estimate of drug-likeness (QED) is 0.696. The number of para-hydroxylation sites is 2. The number of amides is 1. The molecule has 1 aliphatic heterocycles.